The minimum absolute atomic E-state index is 0.0119. The lowest BCUT2D eigenvalue weighted by Gasteiger charge is -2.52. The minimum Gasteiger partial charge on any atom is -0.504 e. The van der Waals surface area contributed by atoms with E-state index in [1.807, 2.05) is 0 Å². The molecule has 2 aliphatic heterocycles. The third-order valence-corrected chi connectivity index (χ3v) is 7.02. The number of nitrogens with one attached hydrogen (secondary N) is 1. The lowest BCUT2D eigenvalue weighted by Crippen LogP contribution is -2.63. The number of hydrogen-bond acceptors (Lipinski definition) is 6. The average molecular weight is 531 g/mol. The Morgan fingerprint density at radius 2 is 1.89 bits per heavy atom. The molecule has 7 nitrogen and oxygen atoms in total. The molecule has 0 radical (unpaired) electrons. The van der Waals surface area contributed by atoms with Crippen LogP contribution in [0.2, 0.25) is 10.0 Å². The third-order valence-electron chi connectivity index (χ3n) is 6.24. The van der Waals surface area contributed by atoms with Crippen molar-refractivity contribution < 1.29 is 32.2 Å². The maximum Gasteiger partial charge on any atom is 0.471 e. The Labute approximate surface area is 205 Å². The highest BCUT2D eigenvalue weighted by molar-refractivity contribution is 6.42. The van der Waals surface area contributed by atoms with Crippen molar-refractivity contribution in [3.05, 3.63) is 46.5 Å². The van der Waals surface area contributed by atoms with Gasteiger partial charge >= 0.3 is 12.1 Å². The van der Waals surface area contributed by atoms with Crippen molar-refractivity contribution in [2.75, 3.05) is 18.4 Å². The molecule has 35 heavy (non-hydrogen) atoms. The van der Waals surface area contributed by atoms with E-state index in [2.05, 4.69) is 15.3 Å². The first-order valence-corrected chi connectivity index (χ1v) is 11.2. The van der Waals surface area contributed by atoms with Crippen LogP contribution in [0.25, 0.3) is 10.9 Å². The molecule has 1 saturated carbocycles. The number of nitrogens with zero attached hydrogens (tertiary/aromatic N) is 3. The van der Waals surface area contributed by atoms with Crippen molar-refractivity contribution in [2.24, 2.45) is 11.8 Å². The Hall–Kier alpha value is -3.05. The summed E-state index contributed by atoms with van der Waals surface area (Å²) in [5, 5.41) is 13.5. The summed E-state index contributed by atoms with van der Waals surface area (Å²) in [5.74, 6) is -3.19. The summed E-state index contributed by atoms with van der Waals surface area (Å²) in [4.78, 5) is 20.6. The van der Waals surface area contributed by atoms with Gasteiger partial charge in [-0.1, -0.05) is 23.2 Å². The number of aromatic nitrogens is 2. The number of fused-ring (bicyclic) bond motifs is 3. The standard InChI is InChI=1S/C22H16Cl2F4N4O3/c23-12-1-2-13(18(25)17(12)24)31-20-11-4-16(15(33)5-14(11)29-8-30-20)35-19-9-3-10(19)7-32(6-9)21(34)22(26,27)28/h1-2,4-5,8-10,19,33H,3,6-7H2,(H,29,30,31)/t9-,10+,19+. The van der Waals surface area contributed by atoms with E-state index in [4.69, 9.17) is 27.9 Å². The van der Waals surface area contributed by atoms with Crippen molar-refractivity contribution in [1.29, 1.82) is 0 Å². The van der Waals surface area contributed by atoms with Crippen LogP contribution in [0.1, 0.15) is 6.42 Å². The molecule has 0 spiro atoms. The molecule has 0 unspecified atom stereocenters. The smallest absolute Gasteiger partial charge is 0.471 e. The second-order valence-electron chi connectivity index (χ2n) is 8.45. The van der Waals surface area contributed by atoms with Gasteiger partial charge in [0, 0.05) is 36.4 Å². The first-order chi connectivity index (χ1) is 16.5. The summed E-state index contributed by atoms with van der Waals surface area (Å²) in [6.07, 6.45) is -3.55. The Balaban J connectivity index is 1.39. The van der Waals surface area contributed by atoms with Gasteiger partial charge in [0.25, 0.3) is 0 Å². The van der Waals surface area contributed by atoms with Gasteiger partial charge in [0.05, 0.1) is 21.2 Å². The number of phenols is 1. The molecule has 1 amide bonds. The zero-order valence-corrected chi connectivity index (χ0v) is 19.1. The molecule has 2 saturated heterocycles. The molecular formula is C22H16Cl2F4N4O3. The largest absolute Gasteiger partial charge is 0.504 e. The zero-order valence-electron chi connectivity index (χ0n) is 17.6. The predicted molar refractivity (Wildman–Crippen MR) is 120 cm³/mol. The average Bonchev–Trinajstić information content (AvgIpc) is 2.82. The predicted octanol–water partition coefficient (Wildman–Crippen LogP) is 5.31. The van der Waals surface area contributed by atoms with E-state index in [0.717, 1.165) is 4.90 Å². The zero-order chi connectivity index (χ0) is 25.1. The molecule has 2 bridgehead atoms. The Kier molecular flexibility index (Phi) is 5.79. The molecule has 3 aromatic rings. The fourth-order valence-corrected chi connectivity index (χ4v) is 4.85. The SMILES string of the molecule is O=C(N1C[C@H]2C[C@@H](C1)[C@H]2Oc1cc2c(Nc3ccc(Cl)c(Cl)c3F)ncnc2cc1O)C(F)(F)F. The number of carbonyl (C=O) groups excluding carboxylic acids is 1. The Morgan fingerprint density at radius 1 is 1.17 bits per heavy atom. The molecule has 1 aliphatic carbocycles. The second kappa shape index (κ2) is 8.56. The summed E-state index contributed by atoms with van der Waals surface area (Å²) < 4.78 is 58.8. The molecule has 2 N–H and O–H groups in total. The van der Waals surface area contributed by atoms with Crippen LogP contribution in [0.5, 0.6) is 11.5 Å². The van der Waals surface area contributed by atoms with Crippen LogP contribution < -0.4 is 10.1 Å². The number of aromatic hydroxyl groups is 1. The van der Waals surface area contributed by atoms with Crippen LogP contribution >= 0.6 is 23.2 Å². The summed E-state index contributed by atoms with van der Waals surface area (Å²) in [5.41, 5.74) is 0.349. The van der Waals surface area contributed by atoms with Crippen molar-refractivity contribution in [2.45, 2.75) is 18.7 Å². The quantitative estimate of drug-likeness (QED) is 0.351. The molecule has 1 aromatic heterocycles. The fraction of sp³-hybridized carbons (Fsp3) is 0.318. The van der Waals surface area contributed by atoms with Crippen molar-refractivity contribution in [1.82, 2.24) is 14.9 Å². The van der Waals surface area contributed by atoms with E-state index >= 15 is 0 Å². The third kappa shape index (κ3) is 4.27. The number of amides is 1. The van der Waals surface area contributed by atoms with Gasteiger partial charge in [-0.3, -0.25) is 4.79 Å². The van der Waals surface area contributed by atoms with Crippen LogP contribution in [0.3, 0.4) is 0 Å². The van der Waals surface area contributed by atoms with Gasteiger partial charge in [-0.05, 0) is 24.6 Å². The number of ether oxygens (including phenoxy) is 1. The summed E-state index contributed by atoms with van der Waals surface area (Å²) >= 11 is 11.7. The van der Waals surface area contributed by atoms with Crippen molar-refractivity contribution in [3.63, 3.8) is 0 Å². The molecule has 3 aliphatic rings. The van der Waals surface area contributed by atoms with Crippen molar-refractivity contribution in [3.8, 4) is 11.5 Å². The minimum atomic E-state index is -4.92. The number of alkyl halides is 3. The van der Waals surface area contributed by atoms with Gasteiger partial charge in [0.2, 0.25) is 0 Å². The number of piperidine rings is 2. The van der Waals surface area contributed by atoms with E-state index in [9.17, 15) is 27.5 Å². The van der Waals surface area contributed by atoms with E-state index in [1.54, 1.807) is 0 Å². The van der Waals surface area contributed by atoms with Crippen LogP contribution in [0.15, 0.2) is 30.6 Å². The molecule has 3 heterocycles. The van der Waals surface area contributed by atoms with Crippen molar-refractivity contribution >= 4 is 51.5 Å². The number of carbonyl (C=O) groups is 1. The van der Waals surface area contributed by atoms with E-state index in [-0.39, 0.29) is 58.0 Å². The molecule has 13 heteroatoms. The van der Waals surface area contributed by atoms with Gasteiger partial charge in [-0.25, -0.2) is 14.4 Å². The maximum atomic E-state index is 14.5. The van der Waals surface area contributed by atoms with Gasteiger partial charge in [-0.2, -0.15) is 13.2 Å². The molecule has 2 aromatic carbocycles. The molecule has 184 valence electrons. The number of benzene rings is 2. The van der Waals surface area contributed by atoms with Gasteiger partial charge < -0.3 is 20.1 Å². The molecule has 3 atom stereocenters. The summed E-state index contributed by atoms with van der Waals surface area (Å²) in [7, 11) is 0. The number of rotatable bonds is 4. The first kappa shape index (κ1) is 23.7. The summed E-state index contributed by atoms with van der Waals surface area (Å²) in [6, 6.07) is 5.62. The highest BCUT2D eigenvalue weighted by Gasteiger charge is 2.53. The Bertz CT molecular complexity index is 1330. The van der Waals surface area contributed by atoms with Crippen LogP contribution in [0, 0.1) is 17.7 Å². The van der Waals surface area contributed by atoms with Gasteiger partial charge in [-0.15, -0.1) is 0 Å². The number of hydrogen-bond donors (Lipinski definition) is 2. The lowest BCUT2D eigenvalue weighted by atomic mass is 9.68. The molecule has 6 rings (SSSR count). The number of anilines is 2. The topological polar surface area (TPSA) is 87.6 Å². The fourth-order valence-electron chi connectivity index (χ4n) is 4.54. The number of phenolic OH excluding ortho intramolecular Hbond substituents is 1. The monoisotopic (exact) mass is 530 g/mol. The van der Waals surface area contributed by atoms with E-state index < -0.39 is 24.0 Å². The highest BCUT2D eigenvalue weighted by atomic mass is 35.5. The molecular weight excluding hydrogens is 515 g/mol. The number of halogens is 6. The lowest BCUT2D eigenvalue weighted by molar-refractivity contribution is -0.196. The first-order valence-electron chi connectivity index (χ1n) is 10.4. The van der Waals surface area contributed by atoms with Gasteiger partial charge in [0.1, 0.15) is 18.2 Å². The van der Waals surface area contributed by atoms with Crippen LogP contribution in [0.4, 0.5) is 29.1 Å². The Morgan fingerprint density at radius 3 is 2.57 bits per heavy atom. The van der Waals surface area contributed by atoms with Crippen LogP contribution in [-0.2, 0) is 4.79 Å². The van der Waals surface area contributed by atoms with Gasteiger partial charge in [0.15, 0.2) is 17.3 Å². The normalized spacial score (nSPS) is 21.5. The molecule has 3 fully saturated rings. The van der Waals surface area contributed by atoms with E-state index in [1.165, 1.54) is 30.6 Å². The summed E-state index contributed by atoms with van der Waals surface area (Å²) in [6.45, 7) is -0.166. The van der Waals surface area contributed by atoms with E-state index in [0.29, 0.717) is 17.3 Å². The maximum absolute atomic E-state index is 14.5. The highest BCUT2D eigenvalue weighted by Crippen LogP contribution is 2.45. The van der Waals surface area contributed by atoms with Crippen LogP contribution in [-0.4, -0.2) is 51.3 Å². The second-order valence-corrected chi connectivity index (χ2v) is 9.24.